The van der Waals surface area contributed by atoms with Crippen molar-refractivity contribution >= 4 is 93.4 Å². The molecule has 0 amide bonds. The SMILES string of the molecule is O=S(=O)(O)Cl.O=c1c(S(=O)(=O)Cl)c[nH]c2ccc(Br)cc12.O=c1cc[nH]c2ccc(Br)cc12. The molecular weight excluding hydrogens is 651 g/mol. The Balaban J connectivity index is 0.000000200. The van der Waals surface area contributed by atoms with Crippen molar-refractivity contribution in [3.63, 3.8) is 0 Å². The Labute approximate surface area is 212 Å². The highest BCUT2D eigenvalue weighted by molar-refractivity contribution is 9.10. The topological polar surface area (TPSA) is 154 Å². The standard InChI is InChI=1S/C9H5BrClNO3S.C9H6BrNO.ClHO3S/c10-5-1-2-7-6(3-5)9(13)8(4-12-7)16(11,14)15;10-6-1-2-8-7(5-6)9(12)3-4-11-8;1-5(2,3)4/h1-4H,(H,12,13);1-5H,(H,11,12);(H,2,3,4). The van der Waals surface area contributed by atoms with Gasteiger partial charge in [-0.1, -0.05) is 31.9 Å². The van der Waals surface area contributed by atoms with Gasteiger partial charge in [-0.05, 0) is 36.4 Å². The molecule has 0 atom stereocenters. The molecule has 0 spiro atoms. The molecule has 2 aromatic carbocycles. The molecule has 33 heavy (non-hydrogen) atoms. The molecule has 0 aliphatic heterocycles. The monoisotopic (exact) mass is 660 g/mol. The van der Waals surface area contributed by atoms with E-state index in [1.807, 2.05) is 18.2 Å². The number of halogens is 4. The van der Waals surface area contributed by atoms with Gasteiger partial charge < -0.3 is 9.97 Å². The fraction of sp³-hybridized carbons (Fsp3) is 0. The zero-order chi connectivity index (χ0) is 25.0. The Morgan fingerprint density at radius 1 is 0.788 bits per heavy atom. The van der Waals surface area contributed by atoms with E-state index in [0.29, 0.717) is 15.4 Å². The molecule has 0 radical (unpaired) electrons. The van der Waals surface area contributed by atoms with Gasteiger partial charge in [0.1, 0.15) is 4.90 Å². The summed E-state index contributed by atoms with van der Waals surface area (Å²) in [4.78, 5) is 28.4. The lowest BCUT2D eigenvalue weighted by molar-refractivity contribution is 0.501. The van der Waals surface area contributed by atoms with Crippen molar-refractivity contribution in [3.8, 4) is 0 Å². The highest BCUT2D eigenvalue weighted by Gasteiger charge is 2.16. The molecule has 0 aliphatic carbocycles. The van der Waals surface area contributed by atoms with Gasteiger partial charge in [0.05, 0.1) is 0 Å². The van der Waals surface area contributed by atoms with Crippen LogP contribution in [0.5, 0.6) is 0 Å². The van der Waals surface area contributed by atoms with Crippen LogP contribution in [0.25, 0.3) is 21.8 Å². The molecule has 2 heterocycles. The minimum absolute atomic E-state index is 0.0463. The number of benzene rings is 2. The maximum absolute atomic E-state index is 11.8. The number of fused-ring (bicyclic) bond motifs is 2. The average molecular weight is 663 g/mol. The lowest BCUT2D eigenvalue weighted by Gasteiger charge is -2.00. The quantitative estimate of drug-likeness (QED) is 0.200. The van der Waals surface area contributed by atoms with E-state index in [0.717, 1.165) is 16.2 Å². The summed E-state index contributed by atoms with van der Waals surface area (Å²) in [6.07, 6.45) is 2.75. The zero-order valence-electron chi connectivity index (χ0n) is 15.9. The fourth-order valence-corrected chi connectivity index (χ4v) is 4.09. The van der Waals surface area contributed by atoms with Crippen LogP contribution in [0.3, 0.4) is 0 Å². The molecule has 3 N–H and O–H groups in total. The molecule has 0 bridgehead atoms. The summed E-state index contributed by atoms with van der Waals surface area (Å²) in [6.45, 7) is 0. The Bertz CT molecular complexity index is 1650. The van der Waals surface area contributed by atoms with Crippen molar-refractivity contribution in [3.05, 3.63) is 84.3 Å². The minimum atomic E-state index is -4.19. The van der Waals surface area contributed by atoms with Gasteiger partial charge in [-0.2, -0.15) is 8.42 Å². The normalized spacial score (nSPS) is 11.3. The second-order valence-corrected chi connectivity index (χ2v) is 12.4. The summed E-state index contributed by atoms with van der Waals surface area (Å²) >= 11 is 6.52. The first-order valence-electron chi connectivity index (χ1n) is 8.36. The molecule has 0 saturated heterocycles. The number of aromatic amines is 2. The first-order chi connectivity index (χ1) is 15.2. The van der Waals surface area contributed by atoms with Crippen molar-refractivity contribution in [1.82, 2.24) is 9.97 Å². The maximum atomic E-state index is 11.8. The predicted molar refractivity (Wildman–Crippen MR) is 135 cm³/mol. The third-order valence-corrected chi connectivity index (χ3v) is 6.11. The number of nitrogens with one attached hydrogen (secondary N) is 2. The summed E-state index contributed by atoms with van der Waals surface area (Å²) in [5.74, 6) is 0. The van der Waals surface area contributed by atoms with E-state index in [9.17, 15) is 18.0 Å². The molecule has 4 rings (SSSR count). The van der Waals surface area contributed by atoms with Crippen LogP contribution in [-0.2, 0) is 18.4 Å². The predicted octanol–water partition coefficient (Wildman–Crippen LogP) is 4.54. The zero-order valence-corrected chi connectivity index (χ0v) is 22.2. The van der Waals surface area contributed by atoms with Gasteiger partial charge in [-0.25, -0.2) is 8.42 Å². The van der Waals surface area contributed by atoms with E-state index >= 15 is 0 Å². The molecule has 0 aliphatic rings. The molecular formula is C18H12Br2Cl2N2O7S2. The van der Waals surface area contributed by atoms with Crippen molar-refractivity contribution in [1.29, 1.82) is 0 Å². The molecule has 4 aromatic rings. The number of hydrogen-bond donors (Lipinski definition) is 3. The second kappa shape index (κ2) is 11.1. The number of aromatic nitrogens is 2. The van der Waals surface area contributed by atoms with E-state index in [4.69, 9.17) is 23.7 Å². The van der Waals surface area contributed by atoms with Gasteiger partial charge in [-0.15, -0.1) is 0 Å². The van der Waals surface area contributed by atoms with Crippen molar-refractivity contribution < 1.29 is 21.4 Å². The molecule has 176 valence electrons. The van der Waals surface area contributed by atoms with Crippen LogP contribution in [0.2, 0.25) is 0 Å². The molecule has 2 aromatic heterocycles. The summed E-state index contributed by atoms with van der Waals surface area (Å²) in [5, 5.41) is 0.989. The third-order valence-electron chi connectivity index (χ3n) is 3.79. The smallest absolute Gasteiger partial charge is 0.353 e. The molecule has 0 saturated carbocycles. The van der Waals surface area contributed by atoms with Crippen LogP contribution in [-0.4, -0.2) is 31.4 Å². The van der Waals surface area contributed by atoms with Crippen molar-refractivity contribution in [2.24, 2.45) is 0 Å². The highest BCUT2D eigenvalue weighted by Crippen LogP contribution is 2.18. The van der Waals surface area contributed by atoms with Crippen LogP contribution in [0.1, 0.15) is 0 Å². The molecule has 9 nitrogen and oxygen atoms in total. The van der Waals surface area contributed by atoms with Gasteiger partial charge in [0.15, 0.2) is 5.43 Å². The van der Waals surface area contributed by atoms with E-state index in [-0.39, 0.29) is 10.8 Å². The molecule has 0 fully saturated rings. The van der Waals surface area contributed by atoms with Gasteiger partial charge >= 0.3 is 9.33 Å². The molecule has 0 unspecified atom stereocenters. The van der Waals surface area contributed by atoms with Gasteiger partial charge in [0, 0.05) is 70.6 Å². The summed E-state index contributed by atoms with van der Waals surface area (Å²) < 4.78 is 49.0. The van der Waals surface area contributed by atoms with Crippen molar-refractivity contribution in [2.75, 3.05) is 0 Å². The molecule has 15 heteroatoms. The maximum Gasteiger partial charge on any atom is 0.353 e. The summed E-state index contributed by atoms with van der Waals surface area (Å²) in [7, 11) is 0.983. The summed E-state index contributed by atoms with van der Waals surface area (Å²) in [5.41, 5.74) is 0.859. The van der Waals surface area contributed by atoms with E-state index in [1.165, 1.54) is 6.07 Å². The Hall–Kier alpha value is -1.74. The van der Waals surface area contributed by atoms with Gasteiger partial charge in [-0.3, -0.25) is 14.1 Å². The first kappa shape index (κ1) is 27.5. The highest BCUT2D eigenvalue weighted by atomic mass is 79.9. The lowest BCUT2D eigenvalue weighted by atomic mass is 10.2. The fourth-order valence-electron chi connectivity index (χ4n) is 2.50. The number of hydrogen-bond acceptors (Lipinski definition) is 6. The van der Waals surface area contributed by atoms with Crippen molar-refractivity contribution in [2.45, 2.75) is 4.90 Å². The van der Waals surface area contributed by atoms with Crippen LogP contribution >= 0.6 is 53.2 Å². The largest absolute Gasteiger partial charge is 0.361 e. The van der Waals surface area contributed by atoms with Gasteiger partial charge in [0.25, 0.3) is 9.05 Å². The first-order valence-corrected chi connectivity index (χ1v) is 14.5. The Morgan fingerprint density at radius 3 is 1.79 bits per heavy atom. The minimum Gasteiger partial charge on any atom is -0.361 e. The number of rotatable bonds is 1. The van der Waals surface area contributed by atoms with Crippen LogP contribution < -0.4 is 10.9 Å². The van der Waals surface area contributed by atoms with E-state index < -0.39 is 28.7 Å². The Kier molecular flexibility index (Phi) is 9.27. The third kappa shape index (κ3) is 8.52. The summed E-state index contributed by atoms with van der Waals surface area (Å²) in [6, 6.07) is 12.1. The van der Waals surface area contributed by atoms with Gasteiger partial charge in [0.2, 0.25) is 5.43 Å². The van der Waals surface area contributed by atoms with Crippen LogP contribution in [0.15, 0.2) is 78.3 Å². The second-order valence-electron chi connectivity index (χ2n) is 6.05. The Morgan fingerprint density at radius 2 is 1.27 bits per heavy atom. The van der Waals surface area contributed by atoms with E-state index in [1.54, 1.807) is 24.4 Å². The van der Waals surface area contributed by atoms with Crippen LogP contribution in [0, 0.1) is 0 Å². The number of pyridine rings is 2. The number of H-pyrrole nitrogens is 2. The lowest BCUT2D eigenvalue weighted by Crippen LogP contribution is -2.12. The van der Waals surface area contributed by atoms with E-state index in [2.05, 4.69) is 52.5 Å². The average Bonchev–Trinajstić information content (AvgIpc) is 2.68. The van der Waals surface area contributed by atoms with Crippen LogP contribution in [0.4, 0.5) is 0 Å².